The minimum Gasteiger partial charge on any atom is -0.375 e. The normalized spacial score (nSPS) is 36.6. The van der Waals surface area contributed by atoms with Crippen LogP contribution in [0.3, 0.4) is 0 Å². The SMILES string of the molecule is N#CC1(N)CCOC2(CCCCC2)C1. The van der Waals surface area contributed by atoms with Crippen LogP contribution in [0.5, 0.6) is 0 Å². The van der Waals surface area contributed by atoms with Crippen LogP contribution in [0.4, 0.5) is 0 Å². The molecule has 2 N–H and O–H groups in total. The highest BCUT2D eigenvalue weighted by atomic mass is 16.5. The summed E-state index contributed by atoms with van der Waals surface area (Å²) in [4.78, 5) is 0. The van der Waals surface area contributed by atoms with Gasteiger partial charge in [-0.2, -0.15) is 5.26 Å². The van der Waals surface area contributed by atoms with Gasteiger partial charge in [0, 0.05) is 12.8 Å². The zero-order valence-corrected chi connectivity index (χ0v) is 8.59. The van der Waals surface area contributed by atoms with E-state index in [2.05, 4.69) is 6.07 Å². The van der Waals surface area contributed by atoms with Gasteiger partial charge in [0.15, 0.2) is 0 Å². The molecule has 1 atom stereocenters. The summed E-state index contributed by atoms with van der Waals surface area (Å²) in [6, 6.07) is 2.25. The quantitative estimate of drug-likeness (QED) is 0.638. The molecule has 1 saturated carbocycles. The van der Waals surface area contributed by atoms with Gasteiger partial charge in [-0.15, -0.1) is 0 Å². The minimum atomic E-state index is -0.629. The van der Waals surface area contributed by atoms with E-state index in [-0.39, 0.29) is 5.60 Å². The molecule has 2 aliphatic rings. The van der Waals surface area contributed by atoms with Crippen LogP contribution < -0.4 is 5.73 Å². The van der Waals surface area contributed by atoms with Gasteiger partial charge < -0.3 is 10.5 Å². The van der Waals surface area contributed by atoms with Gasteiger partial charge in [0.05, 0.1) is 18.3 Å². The Balaban J connectivity index is 2.09. The molecule has 1 unspecified atom stereocenters. The second kappa shape index (κ2) is 3.52. The molecule has 1 heterocycles. The average molecular weight is 194 g/mol. The molecule has 1 saturated heterocycles. The van der Waals surface area contributed by atoms with Crippen molar-refractivity contribution in [3.63, 3.8) is 0 Å². The van der Waals surface area contributed by atoms with E-state index in [1.165, 1.54) is 19.3 Å². The van der Waals surface area contributed by atoms with Crippen molar-refractivity contribution in [3.8, 4) is 6.07 Å². The first-order chi connectivity index (χ1) is 6.68. The zero-order valence-electron chi connectivity index (χ0n) is 8.59. The predicted molar refractivity (Wildman–Crippen MR) is 53.5 cm³/mol. The molecule has 2 rings (SSSR count). The Morgan fingerprint density at radius 3 is 2.50 bits per heavy atom. The molecule has 78 valence electrons. The van der Waals surface area contributed by atoms with Crippen LogP contribution in [0.2, 0.25) is 0 Å². The molecule has 0 bridgehead atoms. The lowest BCUT2D eigenvalue weighted by Gasteiger charge is -2.45. The van der Waals surface area contributed by atoms with Gasteiger partial charge in [-0.05, 0) is 12.8 Å². The standard InChI is InChI=1S/C11H18N2O/c12-9-10(13)6-7-14-11(8-10)4-2-1-3-5-11/h1-8,13H2. The molecule has 3 heteroatoms. The number of nitrogens with two attached hydrogens (primary N) is 1. The van der Waals surface area contributed by atoms with Crippen molar-refractivity contribution < 1.29 is 4.74 Å². The summed E-state index contributed by atoms with van der Waals surface area (Å²) >= 11 is 0. The molecular weight excluding hydrogens is 176 g/mol. The highest BCUT2D eigenvalue weighted by Crippen LogP contribution is 2.41. The highest BCUT2D eigenvalue weighted by Gasteiger charge is 2.44. The molecule has 1 spiro atoms. The Bertz CT molecular complexity index is 247. The fraction of sp³-hybridized carbons (Fsp3) is 0.909. The first-order valence-electron chi connectivity index (χ1n) is 5.52. The Labute approximate surface area is 85.2 Å². The zero-order chi connectivity index (χ0) is 10.1. The number of rotatable bonds is 0. The third kappa shape index (κ3) is 1.77. The van der Waals surface area contributed by atoms with Crippen molar-refractivity contribution in [1.82, 2.24) is 0 Å². The minimum absolute atomic E-state index is 0.0546. The average Bonchev–Trinajstić information content (AvgIpc) is 2.19. The van der Waals surface area contributed by atoms with Crippen molar-refractivity contribution in [2.75, 3.05) is 6.61 Å². The Morgan fingerprint density at radius 2 is 1.86 bits per heavy atom. The molecule has 0 aromatic heterocycles. The van der Waals surface area contributed by atoms with Crippen LogP contribution in [0.1, 0.15) is 44.9 Å². The molecule has 1 aliphatic carbocycles. The Kier molecular flexibility index (Phi) is 2.50. The molecule has 1 aliphatic heterocycles. The van der Waals surface area contributed by atoms with E-state index in [1.54, 1.807) is 0 Å². The third-order valence-corrected chi connectivity index (χ3v) is 3.58. The monoisotopic (exact) mass is 194 g/mol. The summed E-state index contributed by atoms with van der Waals surface area (Å²) in [6.45, 7) is 0.657. The first kappa shape index (κ1) is 9.95. The van der Waals surface area contributed by atoms with Crippen LogP contribution in [0.15, 0.2) is 0 Å². The van der Waals surface area contributed by atoms with E-state index < -0.39 is 5.54 Å². The molecule has 0 aromatic rings. The van der Waals surface area contributed by atoms with E-state index in [0.29, 0.717) is 13.0 Å². The van der Waals surface area contributed by atoms with Crippen molar-refractivity contribution in [3.05, 3.63) is 0 Å². The van der Waals surface area contributed by atoms with Gasteiger partial charge >= 0.3 is 0 Å². The third-order valence-electron chi connectivity index (χ3n) is 3.58. The number of nitrogens with zero attached hydrogens (tertiary/aromatic N) is 1. The molecule has 2 fully saturated rings. The fourth-order valence-electron chi connectivity index (χ4n) is 2.78. The predicted octanol–water partition coefficient (Wildman–Crippen LogP) is 1.72. The number of hydrogen-bond donors (Lipinski definition) is 1. The molecule has 3 nitrogen and oxygen atoms in total. The summed E-state index contributed by atoms with van der Waals surface area (Å²) in [5, 5.41) is 9.03. The summed E-state index contributed by atoms with van der Waals surface area (Å²) in [5.74, 6) is 0. The maximum Gasteiger partial charge on any atom is 0.109 e. The maximum absolute atomic E-state index is 9.03. The molecule has 0 aromatic carbocycles. The lowest BCUT2D eigenvalue weighted by atomic mass is 9.73. The Hall–Kier alpha value is -0.590. The first-order valence-corrected chi connectivity index (χ1v) is 5.52. The number of ether oxygens (including phenoxy) is 1. The van der Waals surface area contributed by atoms with E-state index in [9.17, 15) is 0 Å². The van der Waals surface area contributed by atoms with Gasteiger partial charge in [0.25, 0.3) is 0 Å². The van der Waals surface area contributed by atoms with Crippen LogP contribution in [0.25, 0.3) is 0 Å². The van der Waals surface area contributed by atoms with Gasteiger partial charge in [-0.3, -0.25) is 0 Å². The smallest absolute Gasteiger partial charge is 0.109 e. The van der Waals surface area contributed by atoms with E-state index >= 15 is 0 Å². The molecule has 0 amide bonds. The number of nitriles is 1. The van der Waals surface area contributed by atoms with Crippen LogP contribution in [-0.4, -0.2) is 17.7 Å². The van der Waals surface area contributed by atoms with Crippen LogP contribution >= 0.6 is 0 Å². The fourth-order valence-corrected chi connectivity index (χ4v) is 2.78. The van der Waals surface area contributed by atoms with Gasteiger partial charge in [-0.25, -0.2) is 0 Å². The second-order valence-electron chi connectivity index (χ2n) is 4.79. The van der Waals surface area contributed by atoms with E-state index in [0.717, 1.165) is 19.3 Å². The van der Waals surface area contributed by atoms with Crippen LogP contribution in [-0.2, 0) is 4.74 Å². The summed E-state index contributed by atoms with van der Waals surface area (Å²) in [6.07, 6.45) is 7.35. The van der Waals surface area contributed by atoms with Gasteiger partial charge in [-0.1, -0.05) is 19.3 Å². The van der Waals surface area contributed by atoms with Gasteiger partial charge in [0.2, 0.25) is 0 Å². The van der Waals surface area contributed by atoms with Crippen molar-refractivity contribution >= 4 is 0 Å². The largest absolute Gasteiger partial charge is 0.375 e. The Morgan fingerprint density at radius 1 is 1.14 bits per heavy atom. The van der Waals surface area contributed by atoms with Crippen molar-refractivity contribution in [2.45, 2.75) is 56.1 Å². The molecule has 0 radical (unpaired) electrons. The molecular formula is C11H18N2O. The second-order valence-corrected chi connectivity index (χ2v) is 4.79. The highest BCUT2D eigenvalue weighted by molar-refractivity contribution is 5.11. The van der Waals surface area contributed by atoms with Crippen molar-refractivity contribution in [2.24, 2.45) is 5.73 Å². The number of hydrogen-bond acceptors (Lipinski definition) is 3. The maximum atomic E-state index is 9.03. The summed E-state index contributed by atoms with van der Waals surface area (Å²) in [7, 11) is 0. The van der Waals surface area contributed by atoms with E-state index in [4.69, 9.17) is 15.7 Å². The topological polar surface area (TPSA) is 59.0 Å². The lowest BCUT2D eigenvalue weighted by Crippen LogP contribution is -2.54. The summed E-state index contributed by atoms with van der Waals surface area (Å²) in [5.41, 5.74) is 5.34. The molecule has 14 heavy (non-hydrogen) atoms. The van der Waals surface area contributed by atoms with Crippen molar-refractivity contribution in [1.29, 1.82) is 5.26 Å². The lowest BCUT2D eigenvalue weighted by molar-refractivity contribution is -0.114. The van der Waals surface area contributed by atoms with Gasteiger partial charge in [0.1, 0.15) is 5.54 Å². The van der Waals surface area contributed by atoms with Crippen LogP contribution in [0, 0.1) is 11.3 Å². The van der Waals surface area contributed by atoms with E-state index in [1.807, 2.05) is 0 Å². The summed E-state index contributed by atoms with van der Waals surface area (Å²) < 4.78 is 5.87.